The highest BCUT2D eigenvalue weighted by Gasteiger charge is 2.32. The van der Waals surface area contributed by atoms with Crippen LogP contribution >= 0.6 is 0 Å². The third-order valence-corrected chi connectivity index (χ3v) is 2.05. The summed E-state index contributed by atoms with van der Waals surface area (Å²) in [5.41, 5.74) is -0.261. The number of hydrogen-bond donors (Lipinski definition) is 1. The van der Waals surface area contributed by atoms with Crippen LogP contribution in [0.15, 0.2) is 0 Å². The third kappa shape index (κ3) is 2.96. The zero-order chi connectivity index (χ0) is 9.90. The number of aliphatic hydroxyl groups excluding tert-OH is 1. The second-order valence-corrected chi connectivity index (χ2v) is 4.01. The average molecular weight is 184 g/mol. The molecule has 4 heteroatoms. The molecular weight excluding hydrogens is 168 g/mol. The van der Waals surface area contributed by atoms with Crippen LogP contribution in [0.2, 0.25) is 0 Å². The number of morpholine rings is 1. The zero-order valence-electron chi connectivity index (χ0n) is 8.16. The normalized spacial score (nSPS) is 28.3. The molecule has 4 nitrogen and oxygen atoms in total. The van der Waals surface area contributed by atoms with Gasteiger partial charge in [0.05, 0.1) is 30.9 Å². The summed E-state index contributed by atoms with van der Waals surface area (Å²) in [7, 11) is 0. The van der Waals surface area contributed by atoms with Crippen molar-refractivity contribution in [1.29, 1.82) is 5.26 Å². The van der Waals surface area contributed by atoms with Gasteiger partial charge in [-0.1, -0.05) is 0 Å². The fraction of sp³-hybridized carbons (Fsp3) is 0.889. The lowest BCUT2D eigenvalue weighted by Crippen LogP contribution is -2.53. The predicted molar refractivity (Wildman–Crippen MR) is 48.1 cm³/mol. The van der Waals surface area contributed by atoms with E-state index in [1.54, 1.807) is 0 Å². The fourth-order valence-electron chi connectivity index (χ4n) is 1.73. The maximum Gasteiger partial charge on any atom is 0.0940 e. The van der Waals surface area contributed by atoms with Gasteiger partial charge < -0.3 is 9.84 Å². The van der Waals surface area contributed by atoms with Crippen molar-refractivity contribution < 1.29 is 9.84 Å². The minimum Gasteiger partial charge on any atom is -0.394 e. The molecule has 1 heterocycles. The van der Waals surface area contributed by atoms with Crippen LogP contribution in [-0.2, 0) is 4.74 Å². The van der Waals surface area contributed by atoms with E-state index in [1.807, 2.05) is 18.7 Å². The lowest BCUT2D eigenvalue weighted by atomic mass is 10.1. The summed E-state index contributed by atoms with van der Waals surface area (Å²) < 4.78 is 5.60. The van der Waals surface area contributed by atoms with Gasteiger partial charge >= 0.3 is 0 Å². The van der Waals surface area contributed by atoms with E-state index in [0.717, 1.165) is 6.54 Å². The maximum absolute atomic E-state index is 8.97. The summed E-state index contributed by atoms with van der Waals surface area (Å²) in [6, 6.07) is 2.11. The maximum atomic E-state index is 8.97. The van der Waals surface area contributed by atoms with Crippen LogP contribution in [0.25, 0.3) is 0 Å². The number of aliphatic hydroxyl groups is 1. The van der Waals surface area contributed by atoms with Gasteiger partial charge in [0, 0.05) is 13.1 Å². The standard InChI is InChI=1S/C9H16N2O2/c1-9(2)7-11(4-3-10)5-8(6-12)13-9/h8,12H,4-7H2,1-2H3. The van der Waals surface area contributed by atoms with Crippen molar-refractivity contribution in [1.82, 2.24) is 4.90 Å². The zero-order valence-corrected chi connectivity index (χ0v) is 8.16. The van der Waals surface area contributed by atoms with Crippen molar-refractivity contribution in [3.05, 3.63) is 0 Å². The highest BCUT2D eigenvalue weighted by Crippen LogP contribution is 2.20. The molecule has 1 fully saturated rings. The van der Waals surface area contributed by atoms with E-state index in [0.29, 0.717) is 13.1 Å². The van der Waals surface area contributed by atoms with Gasteiger partial charge in [-0.25, -0.2) is 0 Å². The van der Waals surface area contributed by atoms with Crippen LogP contribution < -0.4 is 0 Å². The molecule has 1 saturated heterocycles. The van der Waals surface area contributed by atoms with Crippen molar-refractivity contribution >= 4 is 0 Å². The number of rotatable bonds is 2. The molecule has 0 aromatic carbocycles. The van der Waals surface area contributed by atoms with E-state index in [9.17, 15) is 0 Å². The van der Waals surface area contributed by atoms with Crippen LogP contribution in [0.3, 0.4) is 0 Å². The van der Waals surface area contributed by atoms with Crippen LogP contribution in [0, 0.1) is 11.3 Å². The Morgan fingerprint density at radius 3 is 2.92 bits per heavy atom. The smallest absolute Gasteiger partial charge is 0.0940 e. The average Bonchev–Trinajstić information content (AvgIpc) is 2.02. The molecule has 13 heavy (non-hydrogen) atoms. The Morgan fingerprint density at radius 1 is 1.69 bits per heavy atom. The second kappa shape index (κ2) is 4.05. The first-order valence-electron chi connectivity index (χ1n) is 4.45. The Hall–Kier alpha value is -0.630. The molecule has 1 unspecified atom stereocenters. The molecule has 0 radical (unpaired) electrons. The molecular formula is C9H16N2O2. The number of nitriles is 1. The monoisotopic (exact) mass is 184 g/mol. The van der Waals surface area contributed by atoms with Crippen molar-refractivity contribution in [2.45, 2.75) is 25.6 Å². The van der Waals surface area contributed by atoms with Crippen LogP contribution in [0.1, 0.15) is 13.8 Å². The molecule has 1 atom stereocenters. The molecule has 0 spiro atoms. The number of nitrogens with zero attached hydrogens (tertiary/aromatic N) is 2. The van der Waals surface area contributed by atoms with Gasteiger partial charge in [-0.05, 0) is 13.8 Å². The Kier molecular flexibility index (Phi) is 3.26. The fourth-order valence-corrected chi connectivity index (χ4v) is 1.73. The van der Waals surface area contributed by atoms with Gasteiger partial charge in [0.25, 0.3) is 0 Å². The first-order valence-corrected chi connectivity index (χ1v) is 4.45. The summed E-state index contributed by atoms with van der Waals surface area (Å²) >= 11 is 0. The molecule has 0 aromatic heterocycles. The molecule has 1 aliphatic rings. The molecule has 0 amide bonds. The highest BCUT2D eigenvalue weighted by molar-refractivity contribution is 4.88. The van der Waals surface area contributed by atoms with E-state index in [2.05, 4.69) is 6.07 Å². The number of ether oxygens (including phenoxy) is 1. The quantitative estimate of drug-likeness (QED) is 0.613. The Morgan fingerprint density at radius 2 is 2.38 bits per heavy atom. The molecule has 0 saturated carbocycles. The lowest BCUT2D eigenvalue weighted by Gasteiger charge is -2.41. The van der Waals surface area contributed by atoms with E-state index < -0.39 is 0 Å². The summed E-state index contributed by atoms with van der Waals surface area (Å²) in [5, 5.41) is 17.5. The van der Waals surface area contributed by atoms with Crippen molar-refractivity contribution in [3.8, 4) is 6.07 Å². The van der Waals surface area contributed by atoms with Crippen molar-refractivity contribution in [3.63, 3.8) is 0 Å². The Labute approximate surface area is 78.7 Å². The van der Waals surface area contributed by atoms with Gasteiger partial charge in [-0.3, -0.25) is 4.90 Å². The summed E-state index contributed by atoms with van der Waals surface area (Å²) in [6.45, 7) is 5.76. The molecule has 0 aliphatic carbocycles. The SMILES string of the molecule is CC1(C)CN(CC#N)CC(CO)O1. The van der Waals surface area contributed by atoms with Gasteiger partial charge in [-0.15, -0.1) is 0 Å². The predicted octanol–water partition coefficient (Wildman–Crippen LogP) is -0.0183. The first kappa shape index (κ1) is 10.5. The molecule has 0 bridgehead atoms. The second-order valence-electron chi connectivity index (χ2n) is 4.01. The summed E-state index contributed by atoms with van der Waals surface area (Å²) in [5.74, 6) is 0. The van der Waals surface area contributed by atoms with E-state index in [-0.39, 0.29) is 18.3 Å². The molecule has 1 rings (SSSR count). The van der Waals surface area contributed by atoms with Gasteiger partial charge in [0.15, 0.2) is 0 Å². The Bertz CT molecular complexity index is 210. The minimum atomic E-state index is -0.261. The lowest BCUT2D eigenvalue weighted by molar-refractivity contribution is -0.146. The minimum absolute atomic E-state index is 0.0192. The molecule has 74 valence electrons. The van der Waals surface area contributed by atoms with Gasteiger partial charge in [-0.2, -0.15) is 5.26 Å². The van der Waals surface area contributed by atoms with E-state index in [4.69, 9.17) is 15.1 Å². The van der Waals surface area contributed by atoms with Crippen LogP contribution in [-0.4, -0.2) is 48.0 Å². The molecule has 1 aliphatic heterocycles. The Balaban J connectivity index is 2.56. The molecule has 1 N–H and O–H groups in total. The largest absolute Gasteiger partial charge is 0.394 e. The van der Waals surface area contributed by atoms with Crippen LogP contribution in [0.5, 0.6) is 0 Å². The third-order valence-electron chi connectivity index (χ3n) is 2.05. The van der Waals surface area contributed by atoms with Crippen molar-refractivity contribution in [2.24, 2.45) is 0 Å². The topological polar surface area (TPSA) is 56.5 Å². The van der Waals surface area contributed by atoms with Gasteiger partial charge in [0.2, 0.25) is 0 Å². The first-order chi connectivity index (χ1) is 6.07. The number of hydrogen-bond acceptors (Lipinski definition) is 4. The van der Waals surface area contributed by atoms with Crippen molar-refractivity contribution in [2.75, 3.05) is 26.2 Å². The van der Waals surface area contributed by atoms with Gasteiger partial charge in [0.1, 0.15) is 0 Å². The summed E-state index contributed by atoms with van der Waals surface area (Å²) in [6.07, 6.45) is -0.155. The summed E-state index contributed by atoms with van der Waals surface area (Å²) in [4.78, 5) is 2.00. The molecule has 0 aromatic rings. The van der Waals surface area contributed by atoms with E-state index >= 15 is 0 Å². The van der Waals surface area contributed by atoms with Crippen LogP contribution in [0.4, 0.5) is 0 Å². The van der Waals surface area contributed by atoms with E-state index in [1.165, 1.54) is 0 Å². The highest BCUT2D eigenvalue weighted by atomic mass is 16.5.